The molecular formula is C19H23NO2. The van der Waals surface area contributed by atoms with E-state index in [1.54, 1.807) is 0 Å². The zero-order valence-electron chi connectivity index (χ0n) is 13.1. The number of hydrogen-bond donors (Lipinski definition) is 1. The van der Waals surface area contributed by atoms with E-state index in [9.17, 15) is 4.79 Å². The molecular weight excluding hydrogens is 274 g/mol. The Hall–Kier alpha value is -1.87. The first-order valence-electron chi connectivity index (χ1n) is 8.09. The fourth-order valence-corrected chi connectivity index (χ4v) is 3.38. The van der Waals surface area contributed by atoms with Crippen LogP contribution in [0.25, 0.3) is 10.8 Å². The monoisotopic (exact) mass is 297 g/mol. The molecule has 1 aliphatic rings. The number of hydrogen-bond acceptors (Lipinski definition) is 3. The topological polar surface area (TPSA) is 38.3 Å². The molecule has 1 fully saturated rings. The Bertz CT molecular complexity index is 659. The smallest absolute Gasteiger partial charge is 0.312 e. The zero-order chi connectivity index (χ0) is 15.4. The Kier molecular flexibility index (Phi) is 4.44. The molecule has 0 unspecified atom stereocenters. The molecule has 0 saturated carbocycles. The second-order valence-corrected chi connectivity index (χ2v) is 6.11. The molecule has 0 radical (unpaired) electrons. The van der Waals surface area contributed by atoms with Gasteiger partial charge in [-0.2, -0.15) is 0 Å². The fourth-order valence-electron chi connectivity index (χ4n) is 3.38. The summed E-state index contributed by atoms with van der Waals surface area (Å²) in [6.45, 7) is 4.09. The predicted molar refractivity (Wildman–Crippen MR) is 88.8 cm³/mol. The normalized spacial score (nSPS) is 17.3. The summed E-state index contributed by atoms with van der Waals surface area (Å²) >= 11 is 0. The van der Waals surface area contributed by atoms with Crippen LogP contribution < -0.4 is 5.32 Å². The van der Waals surface area contributed by atoms with E-state index in [1.165, 1.54) is 16.3 Å². The molecule has 0 atom stereocenters. The van der Waals surface area contributed by atoms with Gasteiger partial charge in [0.1, 0.15) is 0 Å². The van der Waals surface area contributed by atoms with Crippen LogP contribution in [0, 0.1) is 5.41 Å². The molecule has 3 heteroatoms. The average Bonchev–Trinajstić information content (AvgIpc) is 2.56. The lowest BCUT2D eigenvalue weighted by molar-refractivity contribution is -0.157. The zero-order valence-corrected chi connectivity index (χ0v) is 13.1. The molecule has 1 aliphatic heterocycles. The Morgan fingerprint density at radius 1 is 1.14 bits per heavy atom. The van der Waals surface area contributed by atoms with Crippen LogP contribution in [0.4, 0.5) is 0 Å². The van der Waals surface area contributed by atoms with Crippen molar-refractivity contribution in [3.63, 3.8) is 0 Å². The van der Waals surface area contributed by atoms with Crippen molar-refractivity contribution in [2.24, 2.45) is 5.41 Å². The van der Waals surface area contributed by atoms with Gasteiger partial charge in [0.25, 0.3) is 0 Å². The van der Waals surface area contributed by atoms with Gasteiger partial charge in [0, 0.05) is 0 Å². The molecule has 0 aliphatic carbocycles. The highest BCUT2D eigenvalue weighted by atomic mass is 16.5. The molecule has 1 N–H and O–H groups in total. The van der Waals surface area contributed by atoms with Crippen LogP contribution in [-0.2, 0) is 16.0 Å². The van der Waals surface area contributed by atoms with Crippen molar-refractivity contribution in [1.29, 1.82) is 0 Å². The van der Waals surface area contributed by atoms with Crippen molar-refractivity contribution in [1.82, 2.24) is 5.32 Å². The summed E-state index contributed by atoms with van der Waals surface area (Å²) in [5.74, 6) is -0.0374. The summed E-state index contributed by atoms with van der Waals surface area (Å²) in [7, 11) is 0. The molecule has 0 aromatic heterocycles. The predicted octanol–water partition coefficient (Wildman–Crippen LogP) is 3.32. The van der Waals surface area contributed by atoms with Gasteiger partial charge in [-0.3, -0.25) is 4.79 Å². The molecule has 22 heavy (non-hydrogen) atoms. The van der Waals surface area contributed by atoms with Gasteiger partial charge in [-0.25, -0.2) is 0 Å². The summed E-state index contributed by atoms with van der Waals surface area (Å²) < 4.78 is 5.38. The van der Waals surface area contributed by atoms with Gasteiger partial charge in [0.2, 0.25) is 0 Å². The number of fused-ring (bicyclic) bond motifs is 1. The van der Waals surface area contributed by atoms with Gasteiger partial charge < -0.3 is 10.1 Å². The third-order valence-electron chi connectivity index (χ3n) is 4.63. The highest BCUT2D eigenvalue weighted by Crippen LogP contribution is 2.35. The van der Waals surface area contributed by atoms with Crippen LogP contribution in [0.15, 0.2) is 42.5 Å². The maximum Gasteiger partial charge on any atom is 0.312 e. The van der Waals surface area contributed by atoms with E-state index in [4.69, 9.17) is 4.74 Å². The van der Waals surface area contributed by atoms with Crippen LogP contribution in [0.3, 0.4) is 0 Å². The van der Waals surface area contributed by atoms with E-state index < -0.39 is 0 Å². The third-order valence-corrected chi connectivity index (χ3v) is 4.63. The molecule has 3 rings (SSSR count). The van der Waals surface area contributed by atoms with E-state index in [0.717, 1.165) is 32.4 Å². The van der Waals surface area contributed by atoms with E-state index in [1.807, 2.05) is 6.92 Å². The minimum absolute atomic E-state index is 0.0374. The number of piperidine rings is 1. The van der Waals surface area contributed by atoms with Crippen LogP contribution in [0.1, 0.15) is 25.3 Å². The highest BCUT2D eigenvalue weighted by Gasteiger charge is 2.40. The summed E-state index contributed by atoms with van der Waals surface area (Å²) in [5.41, 5.74) is 0.845. The van der Waals surface area contributed by atoms with Crippen LogP contribution >= 0.6 is 0 Å². The molecule has 0 bridgehead atoms. The number of nitrogens with one attached hydrogen (secondary N) is 1. The number of carbonyl (C=O) groups is 1. The Morgan fingerprint density at radius 3 is 2.59 bits per heavy atom. The molecule has 2 aromatic rings. The Labute approximate surface area is 131 Å². The number of esters is 1. The SMILES string of the molecule is CCOC(=O)C1(Cc2ccc3ccccc3c2)CCNCC1. The molecule has 2 aromatic carbocycles. The van der Waals surface area contributed by atoms with E-state index in [-0.39, 0.29) is 11.4 Å². The van der Waals surface area contributed by atoms with E-state index >= 15 is 0 Å². The van der Waals surface area contributed by atoms with Crippen LogP contribution in [0.2, 0.25) is 0 Å². The quantitative estimate of drug-likeness (QED) is 0.880. The van der Waals surface area contributed by atoms with Crippen molar-refractivity contribution in [3.05, 3.63) is 48.0 Å². The van der Waals surface area contributed by atoms with Gasteiger partial charge in [-0.1, -0.05) is 42.5 Å². The third kappa shape index (κ3) is 3.00. The van der Waals surface area contributed by atoms with Gasteiger partial charge in [-0.15, -0.1) is 0 Å². The minimum atomic E-state index is -0.371. The molecule has 3 nitrogen and oxygen atoms in total. The first kappa shape index (κ1) is 15.0. The molecule has 0 amide bonds. The summed E-state index contributed by atoms with van der Waals surface area (Å²) in [6.07, 6.45) is 2.45. The van der Waals surface area contributed by atoms with Crippen LogP contribution in [0.5, 0.6) is 0 Å². The van der Waals surface area contributed by atoms with Crippen molar-refractivity contribution in [2.75, 3.05) is 19.7 Å². The number of rotatable bonds is 4. The fraction of sp³-hybridized carbons (Fsp3) is 0.421. The van der Waals surface area contributed by atoms with Gasteiger partial charge in [0.05, 0.1) is 12.0 Å². The van der Waals surface area contributed by atoms with Crippen molar-refractivity contribution in [2.45, 2.75) is 26.2 Å². The maximum atomic E-state index is 12.5. The molecule has 1 saturated heterocycles. The van der Waals surface area contributed by atoms with Gasteiger partial charge >= 0.3 is 5.97 Å². The summed E-state index contributed by atoms with van der Waals surface area (Å²) in [5, 5.41) is 5.81. The molecule has 116 valence electrons. The largest absolute Gasteiger partial charge is 0.466 e. The second kappa shape index (κ2) is 6.49. The second-order valence-electron chi connectivity index (χ2n) is 6.11. The lowest BCUT2D eigenvalue weighted by Gasteiger charge is -2.35. The standard InChI is InChI=1S/C19H23NO2/c1-2-22-18(21)19(9-11-20-12-10-19)14-15-7-8-16-5-3-4-6-17(16)13-15/h3-8,13,20H,2,9-12,14H2,1H3. The first-order valence-corrected chi connectivity index (χ1v) is 8.09. The number of ether oxygens (including phenoxy) is 1. The van der Waals surface area contributed by atoms with Crippen LogP contribution in [-0.4, -0.2) is 25.7 Å². The Balaban J connectivity index is 1.89. The van der Waals surface area contributed by atoms with Crippen molar-refractivity contribution >= 4 is 16.7 Å². The van der Waals surface area contributed by atoms with E-state index in [0.29, 0.717) is 6.61 Å². The minimum Gasteiger partial charge on any atom is -0.466 e. The Morgan fingerprint density at radius 2 is 1.86 bits per heavy atom. The average molecular weight is 297 g/mol. The van der Waals surface area contributed by atoms with Gasteiger partial charge in [-0.05, 0) is 55.6 Å². The van der Waals surface area contributed by atoms with E-state index in [2.05, 4.69) is 47.8 Å². The van der Waals surface area contributed by atoms with Crippen molar-refractivity contribution < 1.29 is 9.53 Å². The molecule has 0 spiro atoms. The lowest BCUT2D eigenvalue weighted by atomic mass is 9.74. The first-order chi connectivity index (χ1) is 10.7. The number of carbonyl (C=O) groups excluding carboxylic acids is 1. The van der Waals surface area contributed by atoms with Crippen molar-refractivity contribution in [3.8, 4) is 0 Å². The maximum absolute atomic E-state index is 12.5. The highest BCUT2D eigenvalue weighted by molar-refractivity contribution is 5.83. The number of benzene rings is 2. The molecule has 1 heterocycles. The summed E-state index contributed by atoms with van der Waals surface area (Å²) in [4.78, 5) is 12.5. The van der Waals surface area contributed by atoms with Gasteiger partial charge in [0.15, 0.2) is 0 Å². The summed E-state index contributed by atoms with van der Waals surface area (Å²) in [6, 6.07) is 14.8. The lowest BCUT2D eigenvalue weighted by Crippen LogP contribution is -2.44.